The molecule has 2 aliphatic rings. The van der Waals surface area contributed by atoms with Crippen LogP contribution in [0.5, 0.6) is 11.5 Å². The molecular weight excluding hydrogens is 526 g/mol. The predicted molar refractivity (Wildman–Crippen MR) is 162 cm³/mol. The maximum atomic E-state index is 10.8. The van der Waals surface area contributed by atoms with E-state index < -0.39 is 4.92 Å². The number of non-ortho nitro benzene ring substituents is 1. The number of fused-ring (bicyclic) bond motifs is 1. The van der Waals surface area contributed by atoms with Crippen molar-refractivity contribution in [1.82, 2.24) is 15.3 Å². The molecule has 1 saturated carbocycles. The van der Waals surface area contributed by atoms with Crippen LogP contribution >= 0.6 is 12.2 Å². The number of anilines is 3. The van der Waals surface area contributed by atoms with Crippen molar-refractivity contribution in [2.75, 3.05) is 29.6 Å². The van der Waals surface area contributed by atoms with Gasteiger partial charge < -0.3 is 25.6 Å². The first kappa shape index (κ1) is 27.6. The number of nitro benzene ring substituents is 1. The Kier molecular flexibility index (Phi) is 8.59. The molecule has 0 saturated heterocycles. The standard InChI is InChI=1S/C29H35N7O3S/c1-35(2)27-25-5-3-4-6-26(25)33-28(34-27)30-19-7-9-20(10-8-19)31-29(40)32-21-11-15-23(16-12-21)39-24-17-13-22(14-18-24)36(37)38/h11-20H,3-10H2,1-2H3,(H,30,33,34)(H2,31,32,40). The zero-order valence-corrected chi connectivity index (χ0v) is 23.7. The molecule has 0 atom stereocenters. The highest BCUT2D eigenvalue weighted by molar-refractivity contribution is 7.80. The minimum atomic E-state index is -0.435. The van der Waals surface area contributed by atoms with E-state index in [-0.39, 0.29) is 5.69 Å². The summed E-state index contributed by atoms with van der Waals surface area (Å²) in [6.07, 6.45) is 8.56. The van der Waals surface area contributed by atoms with Crippen LogP contribution in [-0.4, -0.2) is 46.2 Å². The summed E-state index contributed by atoms with van der Waals surface area (Å²) in [5.41, 5.74) is 3.39. The Hall–Kier alpha value is -3.99. The highest BCUT2D eigenvalue weighted by atomic mass is 32.1. The minimum absolute atomic E-state index is 0.0275. The van der Waals surface area contributed by atoms with E-state index in [1.165, 1.54) is 36.2 Å². The fourth-order valence-electron chi connectivity index (χ4n) is 5.30. The molecule has 5 rings (SSSR count). The van der Waals surface area contributed by atoms with E-state index in [2.05, 4.69) is 34.9 Å². The lowest BCUT2D eigenvalue weighted by Gasteiger charge is -2.31. The molecular formula is C29H35N7O3S. The summed E-state index contributed by atoms with van der Waals surface area (Å²) in [5, 5.41) is 21.7. The molecule has 2 aliphatic carbocycles. The SMILES string of the molecule is CN(C)c1nc(NC2CCC(NC(=S)Nc3ccc(Oc4ccc([N+](=O)[O-])cc4)cc3)CC2)nc2c1CCCC2. The summed E-state index contributed by atoms with van der Waals surface area (Å²) in [5.74, 6) is 2.96. The van der Waals surface area contributed by atoms with E-state index in [9.17, 15) is 10.1 Å². The zero-order chi connectivity index (χ0) is 28.1. The van der Waals surface area contributed by atoms with Gasteiger partial charge in [-0.1, -0.05) is 0 Å². The second kappa shape index (κ2) is 12.5. The Bertz CT molecular complexity index is 1340. The van der Waals surface area contributed by atoms with Gasteiger partial charge in [-0.2, -0.15) is 4.98 Å². The zero-order valence-electron chi connectivity index (χ0n) is 22.9. The van der Waals surface area contributed by atoms with E-state index in [0.717, 1.165) is 56.0 Å². The average molecular weight is 562 g/mol. The first-order valence-electron chi connectivity index (χ1n) is 13.8. The third-order valence-corrected chi connectivity index (χ3v) is 7.60. The predicted octanol–water partition coefficient (Wildman–Crippen LogP) is 5.83. The molecule has 10 nitrogen and oxygen atoms in total. The van der Waals surface area contributed by atoms with E-state index in [1.54, 1.807) is 12.1 Å². The molecule has 2 aromatic carbocycles. The molecule has 0 radical (unpaired) electrons. The topological polar surface area (TPSA) is 117 Å². The molecule has 0 bridgehead atoms. The van der Waals surface area contributed by atoms with Gasteiger partial charge in [0, 0.05) is 49.6 Å². The summed E-state index contributed by atoms with van der Waals surface area (Å²) < 4.78 is 5.78. The van der Waals surface area contributed by atoms with Crippen molar-refractivity contribution in [1.29, 1.82) is 0 Å². The number of hydrogen-bond acceptors (Lipinski definition) is 8. The smallest absolute Gasteiger partial charge is 0.269 e. The number of aromatic nitrogens is 2. The summed E-state index contributed by atoms with van der Waals surface area (Å²) in [7, 11) is 4.11. The van der Waals surface area contributed by atoms with Crippen molar-refractivity contribution in [3.63, 3.8) is 0 Å². The van der Waals surface area contributed by atoms with Gasteiger partial charge in [0.1, 0.15) is 17.3 Å². The van der Waals surface area contributed by atoms with Crippen molar-refractivity contribution in [2.45, 2.75) is 63.5 Å². The van der Waals surface area contributed by atoms with Crippen molar-refractivity contribution < 1.29 is 9.66 Å². The molecule has 1 heterocycles. The Labute approximate surface area is 239 Å². The molecule has 0 aliphatic heterocycles. The van der Waals surface area contributed by atoms with Gasteiger partial charge in [0.05, 0.1) is 10.6 Å². The Morgan fingerprint density at radius 3 is 2.23 bits per heavy atom. The van der Waals surface area contributed by atoms with E-state index in [4.69, 9.17) is 26.9 Å². The van der Waals surface area contributed by atoms with Crippen LogP contribution in [0.1, 0.15) is 49.8 Å². The molecule has 0 spiro atoms. The van der Waals surface area contributed by atoms with Gasteiger partial charge in [-0.25, -0.2) is 4.98 Å². The first-order chi connectivity index (χ1) is 19.3. The van der Waals surface area contributed by atoms with Crippen LogP contribution in [0.3, 0.4) is 0 Å². The average Bonchev–Trinajstić information content (AvgIpc) is 2.95. The number of nitrogens with one attached hydrogen (secondary N) is 3. The monoisotopic (exact) mass is 561 g/mol. The van der Waals surface area contributed by atoms with Gasteiger partial charge in [-0.15, -0.1) is 0 Å². The fourth-order valence-corrected chi connectivity index (χ4v) is 5.59. The van der Waals surface area contributed by atoms with Gasteiger partial charge in [-0.3, -0.25) is 10.1 Å². The molecule has 3 aromatic rings. The molecule has 1 aromatic heterocycles. The highest BCUT2D eigenvalue weighted by Crippen LogP contribution is 2.30. The Morgan fingerprint density at radius 2 is 1.57 bits per heavy atom. The molecule has 210 valence electrons. The van der Waals surface area contributed by atoms with Gasteiger partial charge in [0.15, 0.2) is 5.11 Å². The maximum absolute atomic E-state index is 10.8. The molecule has 11 heteroatoms. The van der Waals surface area contributed by atoms with Crippen LogP contribution in [-0.2, 0) is 12.8 Å². The first-order valence-corrected chi connectivity index (χ1v) is 14.2. The van der Waals surface area contributed by atoms with Gasteiger partial charge >= 0.3 is 0 Å². The number of thiocarbonyl (C=S) groups is 1. The highest BCUT2D eigenvalue weighted by Gasteiger charge is 2.24. The normalized spacial score (nSPS) is 18.2. The summed E-state index contributed by atoms with van der Waals surface area (Å²) in [4.78, 5) is 22.2. The Balaban J connectivity index is 1.08. The molecule has 1 fully saturated rings. The molecule has 0 unspecified atom stereocenters. The van der Waals surface area contributed by atoms with Crippen LogP contribution in [0, 0.1) is 10.1 Å². The van der Waals surface area contributed by atoms with Crippen molar-refractivity contribution in [2.24, 2.45) is 0 Å². The second-order valence-corrected chi connectivity index (χ2v) is 11.0. The lowest BCUT2D eigenvalue weighted by atomic mass is 9.91. The maximum Gasteiger partial charge on any atom is 0.269 e. The summed E-state index contributed by atoms with van der Waals surface area (Å²) in [6, 6.07) is 14.1. The minimum Gasteiger partial charge on any atom is -0.457 e. The third kappa shape index (κ3) is 6.95. The van der Waals surface area contributed by atoms with Gasteiger partial charge in [0.2, 0.25) is 5.95 Å². The van der Waals surface area contributed by atoms with Crippen LogP contribution in [0.15, 0.2) is 48.5 Å². The second-order valence-electron chi connectivity index (χ2n) is 10.6. The van der Waals surface area contributed by atoms with E-state index in [1.807, 2.05) is 24.3 Å². The van der Waals surface area contributed by atoms with Crippen molar-refractivity contribution >= 4 is 40.5 Å². The molecule has 40 heavy (non-hydrogen) atoms. The number of nitrogens with zero attached hydrogens (tertiary/aromatic N) is 4. The lowest BCUT2D eigenvalue weighted by Crippen LogP contribution is -2.42. The van der Waals surface area contributed by atoms with E-state index >= 15 is 0 Å². The quantitative estimate of drug-likeness (QED) is 0.176. The number of aryl methyl sites for hydroxylation is 1. The Morgan fingerprint density at radius 1 is 0.950 bits per heavy atom. The largest absolute Gasteiger partial charge is 0.457 e. The molecule has 3 N–H and O–H groups in total. The number of benzene rings is 2. The van der Waals surface area contributed by atoms with Gasteiger partial charge in [-0.05, 0) is 100.0 Å². The van der Waals surface area contributed by atoms with Crippen molar-refractivity contribution in [3.8, 4) is 11.5 Å². The molecule has 0 amide bonds. The van der Waals surface area contributed by atoms with Gasteiger partial charge in [0.25, 0.3) is 5.69 Å². The third-order valence-electron chi connectivity index (χ3n) is 7.38. The van der Waals surface area contributed by atoms with Crippen LogP contribution in [0.4, 0.5) is 23.1 Å². The number of nitro groups is 1. The number of rotatable bonds is 8. The van der Waals surface area contributed by atoms with Crippen LogP contribution < -0.4 is 25.6 Å². The number of hydrogen-bond donors (Lipinski definition) is 3. The summed E-state index contributed by atoms with van der Waals surface area (Å²) >= 11 is 5.57. The van der Waals surface area contributed by atoms with Crippen LogP contribution in [0.2, 0.25) is 0 Å². The van der Waals surface area contributed by atoms with E-state index in [0.29, 0.717) is 28.7 Å². The van der Waals surface area contributed by atoms with Crippen molar-refractivity contribution in [3.05, 3.63) is 69.9 Å². The number of ether oxygens (including phenoxy) is 1. The lowest BCUT2D eigenvalue weighted by molar-refractivity contribution is -0.384. The summed E-state index contributed by atoms with van der Waals surface area (Å²) in [6.45, 7) is 0. The van der Waals surface area contributed by atoms with Crippen LogP contribution in [0.25, 0.3) is 0 Å². The fraction of sp³-hybridized carbons (Fsp3) is 0.414.